The van der Waals surface area contributed by atoms with E-state index in [4.69, 9.17) is 4.42 Å². The minimum absolute atomic E-state index is 0.111. The third-order valence-electron chi connectivity index (χ3n) is 3.54. The summed E-state index contributed by atoms with van der Waals surface area (Å²) in [5.41, 5.74) is 0.778. The van der Waals surface area contributed by atoms with Crippen molar-refractivity contribution in [1.82, 2.24) is 4.90 Å². The van der Waals surface area contributed by atoms with Gasteiger partial charge in [0, 0.05) is 18.2 Å². The van der Waals surface area contributed by atoms with Crippen LogP contribution in [0.25, 0.3) is 0 Å². The van der Waals surface area contributed by atoms with Gasteiger partial charge in [0.25, 0.3) is 0 Å². The van der Waals surface area contributed by atoms with Crippen molar-refractivity contribution < 1.29 is 19.1 Å². The molecule has 0 aromatic carbocycles. The number of esters is 1. The minimum Gasteiger partial charge on any atom is -0.463 e. The fourth-order valence-electron chi connectivity index (χ4n) is 2.45. The Hall–Kier alpha value is -1.33. The summed E-state index contributed by atoms with van der Waals surface area (Å²) in [7, 11) is 1.34. The maximum absolute atomic E-state index is 11.5. The molecule has 0 fully saturated rings. The van der Waals surface area contributed by atoms with Crippen LogP contribution in [0.4, 0.5) is 0 Å². The zero-order valence-corrected chi connectivity index (χ0v) is 12.8. The lowest BCUT2D eigenvalue weighted by atomic mass is 10.1. The molecule has 20 heavy (non-hydrogen) atoms. The Morgan fingerprint density at radius 3 is 2.60 bits per heavy atom. The molecule has 0 amide bonds. The Morgan fingerprint density at radius 1 is 1.45 bits per heavy atom. The van der Waals surface area contributed by atoms with Crippen molar-refractivity contribution in [2.75, 3.05) is 20.3 Å². The molecule has 0 saturated heterocycles. The van der Waals surface area contributed by atoms with Crippen molar-refractivity contribution in [3.8, 4) is 0 Å². The molecule has 1 rings (SSSR count). The molecule has 0 aliphatic heterocycles. The second-order valence-corrected chi connectivity index (χ2v) is 4.88. The van der Waals surface area contributed by atoms with Gasteiger partial charge in [0.1, 0.15) is 5.76 Å². The topological polar surface area (TPSA) is 62.9 Å². The van der Waals surface area contributed by atoms with Crippen LogP contribution in [-0.2, 0) is 11.3 Å². The number of hydrogen-bond acceptors (Lipinski definition) is 5. The molecule has 5 nitrogen and oxygen atoms in total. The number of aryl methyl sites for hydroxylation is 1. The Labute approximate surface area is 120 Å². The van der Waals surface area contributed by atoms with Gasteiger partial charge in [-0.3, -0.25) is 4.90 Å². The second kappa shape index (κ2) is 8.07. The zero-order valence-electron chi connectivity index (χ0n) is 12.8. The quantitative estimate of drug-likeness (QED) is 0.742. The number of aliphatic hydroxyl groups is 1. The lowest BCUT2D eigenvalue weighted by Crippen LogP contribution is -2.36. The summed E-state index contributed by atoms with van der Waals surface area (Å²) >= 11 is 0. The molecular formula is C15H25NO4. The summed E-state index contributed by atoms with van der Waals surface area (Å²) in [4.78, 5) is 13.7. The van der Waals surface area contributed by atoms with Gasteiger partial charge in [-0.15, -0.1) is 0 Å². The predicted molar refractivity (Wildman–Crippen MR) is 76.7 cm³/mol. The van der Waals surface area contributed by atoms with E-state index < -0.39 is 5.97 Å². The largest absolute Gasteiger partial charge is 0.463 e. The summed E-state index contributed by atoms with van der Waals surface area (Å²) in [5.74, 6) is 0.532. The highest BCUT2D eigenvalue weighted by Gasteiger charge is 2.20. The Morgan fingerprint density at radius 2 is 2.10 bits per heavy atom. The molecule has 5 heteroatoms. The highest BCUT2D eigenvalue weighted by Crippen LogP contribution is 2.19. The first kappa shape index (κ1) is 16.7. The van der Waals surface area contributed by atoms with E-state index in [0.717, 1.165) is 24.2 Å². The predicted octanol–water partition coefficient (Wildman–Crippen LogP) is 2.36. The summed E-state index contributed by atoms with van der Waals surface area (Å²) in [6.07, 6.45) is 2.03. The molecule has 0 spiro atoms. The summed E-state index contributed by atoms with van der Waals surface area (Å²) in [6, 6.07) is 2.26. The van der Waals surface area contributed by atoms with E-state index in [2.05, 4.69) is 23.5 Å². The molecule has 0 atom stereocenters. The number of nitrogens with zero attached hydrogens (tertiary/aromatic N) is 1. The molecule has 1 aromatic rings. The molecule has 1 heterocycles. The Balaban J connectivity index is 2.86. The number of methoxy groups -OCH3 is 1. The maximum atomic E-state index is 11.5. The maximum Gasteiger partial charge on any atom is 0.374 e. The van der Waals surface area contributed by atoms with Gasteiger partial charge in [0.05, 0.1) is 20.3 Å². The van der Waals surface area contributed by atoms with Crippen LogP contribution in [0.5, 0.6) is 0 Å². The number of carbonyl (C=O) groups excluding carboxylic acids is 1. The van der Waals surface area contributed by atoms with E-state index >= 15 is 0 Å². The molecule has 0 aliphatic rings. The summed E-state index contributed by atoms with van der Waals surface area (Å²) < 4.78 is 10.3. The minimum atomic E-state index is -0.454. The van der Waals surface area contributed by atoms with Crippen LogP contribution in [0, 0.1) is 6.92 Å². The molecule has 114 valence electrons. The third-order valence-corrected chi connectivity index (χ3v) is 3.54. The molecule has 0 unspecified atom stereocenters. The number of rotatable bonds is 8. The summed E-state index contributed by atoms with van der Waals surface area (Å²) in [6.45, 7) is 7.38. The average Bonchev–Trinajstić information content (AvgIpc) is 2.80. The van der Waals surface area contributed by atoms with E-state index in [1.165, 1.54) is 7.11 Å². The number of aliphatic hydroxyl groups excluding tert-OH is 1. The van der Waals surface area contributed by atoms with E-state index in [9.17, 15) is 9.90 Å². The van der Waals surface area contributed by atoms with Crippen LogP contribution in [0.15, 0.2) is 10.5 Å². The lowest BCUT2D eigenvalue weighted by molar-refractivity contribution is 0.0557. The van der Waals surface area contributed by atoms with Gasteiger partial charge in [0.15, 0.2) is 0 Å². The second-order valence-electron chi connectivity index (χ2n) is 4.88. The normalized spacial score (nSPS) is 11.3. The average molecular weight is 283 g/mol. The van der Waals surface area contributed by atoms with Gasteiger partial charge in [-0.2, -0.15) is 0 Å². The van der Waals surface area contributed by atoms with Gasteiger partial charge in [-0.1, -0.05) is 13.8 Å². The highest BCUT2D eigenvalue weighted by molar-refractivity contribution is 5.87. The van der Waals surface area contributed by atoms with Crippen LogP contribution >= 0.6 is 0 Å². The molecular weight excluding hydrogens is 258 g/mol. The van der Waals surface area contributed by atoms with E-state index in [0.29, 0.717) is 19.1 Å². The van der Waals surface area contributed by atoms with Crippen LogP contribution in [-0.4, -0.2) is 42.3 Å². The van der Waals surface area contributed by atoms with Crippen molar-refractivity contribution in [3.05, 3.63) is 23.2 Å². The van der Waals surface area contributed by atoms with Crippen LogP contribution in [0.2, 0.25) is 0 Å². The van der Waals surface area contributed by atoms with Crippen LogP contribution in [0.3, 0.4) is 0 Å². The van der Waals surface area contributed by atoms with Crippen molar-refractivity contribution in [1.29, 1.82) is 0 Å². The monoisotopic (exact) mass is 283 g/mol. The number of hydrogen-bond donors (Lipinski definition) is 1. The van der Waals surface area contributed by atoms with Gasteiger partial charge >= 0.3 is 5.97 Å². The van der Waals surface area contributed by atoms with Crippen LogP contribution < -0.4 is 0 Å². The first-order valence-corrected chi connectivity index (χ1v) is 7.09. The molecule has 0 aliphatic carbocycles. The molecule has 0 bridgehead atoms. The lowest BCUT2D eigenvalue weighted by Gasteiger charge is -2.28. The van der Waals surface area contributed by atoms with Gasteiger partial charge in [-0.05, 0) is 25.8 Å². The van der Waals surface area contributed by atoms with Gasteiger partial charge < -0.3 is 14.3 Å². The Bertz CT molecular complexity index is 424. The van der Waals surface area contributed by atoms with E-state index in [-0.39, 0.29) is 12.4 Å². The zero-order chi connectivity index (χ0) is 15.1. The summed E-state index contributed by atoms with van der Waals surface area (Å²) in [5, 5.41) is 9.19. The SMILES string of the molecule is CCC(CC)N(CCO)Cc1cc(C)c(C(=O)OC)o1. The molecule has 1 aromatic heterocycles. The highest BCUT2D eigenvalue weighted by atomic mass is 16.5. The first-order valence-electron chi connectivity index (χ1n) is 7.09. The Kier molecular flexibility index (Phi) is 6.75. The van der Waals surface area contributed by atoms with Crippen molar-refractivity contribution in [3.63, 3.8) is 0 Å². The smallest absolute Gasteiger partial charge is 0.374 e. The standard InChI is InChI=1S/C15H25NO4/c1-5-12(6-2)16(7-8-17)10-13-9-11(3)14(20-13)15(18)19-4/h9,12,17H,5-8,10H2,1-4H3. The third kappa shape index (κ3) is 4.08. The van der Waals surface area contributed by atoms with E-state index in [1.807, 2.05) is 13.0 Å². The van der Waals surface area contributed by atoms with Crippen molar-refractivity contribution >= 4 is 5.97 Å². The van der Waals surface area contributed by atoms with Gasteiger partial charge in [0.2, 0.25) is 5.76 Å². The number of ether oxygens (including phenoxy) is 1. The molecule has 1 N–H and O–H groups in total. The van der Waals surface area contributed by atoms with Crippen LogP contribution in [0.1, 0.15) is 48.6 Å². The number of carbonyl (C=O) groups is 1. The molecule has 0 radical (unpaired) electrons. The van der Waals surface area contributed by atoms with Crippen molar-refractivity contribution in [2.45, 2.75) is 46.2 Å². The molecule has 0 saturated carbocycles. The van der Waals surface area contributed by atoms with Crippen molar-refractivity contribution in [2.24, 2.45) is 0 Å². The van der Waals surface area contributed by atoms with E-state index in [1.54, 1.807) is 0 Å². The van der Waals surface area contributed by atoms with Gasteiger partial charge in [-0.25, -0.2) is 4.79 Å². The fraction of sp³-hybridized carbons (Fsp3) is 0.667. The fourth-order valence-corrected chi connectivity index (χ4v) is 2.45. The first-order chi connectivity index (χ1) is 9.57. The number of furan rings is 1.